The molecule has 0 saturated heterocycles. The van der Waals surface area contributed by atoms with Crippen molar-refractivity contribution in [3.8, 4) is 5.75 Å². The Hall–Kier alpha value is -2.04. The van der Waals surface area contributed by atoms with Gasteiger partial charge in [-0.25, -0.2) is 9.59 Å². The first-order valence-electron chi connectivity index (χ1n) is 4.78. The minimum absolute atomic E-state index is 0.886. The molecule has 0 aromatic heterocycles. The summed E-state index contributed by atoms with van der Waals surface area (Å²) in [6.45, 7) is 0.886. The second-order valence-corrected chi connectivity index (χ2v) is 3.17. The van der Waals surface area contributed by atoms with E-state index in [2.05, 4.69) is 12.1 Å². The second kappa shape index (κ2) is 5.75. The lowest BCUT2D eigenvalue weighted by atomic mass is 10.1. The zero-order chi connectivity index (χ0) is 12.0. The van der Waals surface area contributed by atoms with Crippen LogP contribution in [0.5, 0.6) is 5.75 Å². The van der Waals surface area contributed by atoms with Crippen LogP contribution in [0.15, 0.2) is 24.3 Å². The maximum absolute atomic E-state index is 9.10. The lowest BCUT2D eigenvalue weighted by molar-refractivity contribution is -0.159. The first kappa shape index (κ1) is 12.0. The van der Waals surface area contributed by atoms with E-state index in [0.29, 0.717) is 0 Å². The Morgan fingerprint density at radius 2 is 1.75 bits per heavy atom. The van der Waals surface area contributed by atoms with Gasteiger partial charge in [0.2, 0.25) is 0 Å². The summed E-state index contributed by atoms with van der Waals surface area (Å²) in [5, 5.41) is 14.8. The van der Waals surface area contributed by atoms with E-state index in [4.69, 9.17) is 24.5 Å². The number of carboxylic acids is 2. The maximum atomic E-state index is 9.10. The molecule has 1 aliphatic rings. The minimum atomic E-state index is -1.82. The van der Waals surface area contributed by atoms with E-state index in [1.54, 1.807) is 0 Å². The Morgan fingerprint density at radius 3 is 2.31 bits per heavy atom. The molecule has 0 aliphatic carbocycles. The molecule has 16 heavy (non-hydrogen) atoms. The number of hydrogen-bond acceptors (Lipinski definition) is 3. The third-order valence-corrected chi connectivity index (χ3v) is 2.00. The standard InChI is InChI=1S/C9H10O.C2H2O4/c1-2-6-9-8(4-1)5-3-7-10-9;3-1(4)2(5)6/h1-2,4,6H,3,5,7H2;(H,3,4)(H,5,6). The smallest absolute Gasteiger partial charge is 0.414 e. The molecule has 2 rings (SSSR count). The fraction of sp³-hybridized carbons (Fsp3) is 0.273. The predicted molar refractivity (Wildman–Crippen MR) is 55.5 cm³/mol. The summed E-state index contributed by atoms with van der Waals surface area (Å²) in [5.74, 6) is -2.57. The van der Waals surface area contributed by atoms with E-state index in [-0.39, 0.29) is 0 Å². The molecule has 5 nitrogen and oxygen atoms in total. The average Bonchev–Trinajstić information content (AvgIpc) is 2.30. The molecule has 1 aliphatic heterocycles. The van der Waals surface area contributed by atoms with E-state index < -0.39 is 11.9 Å². The number of aliphatic carboxylic acids is 2. The van der Waals surface area contributed by atoms with Crippen molar-refractivity contribution in [3.63, 3.8) is 0 Å². The summed E-state index contributed by atoms with van der Waals surface area (Å²) in [6.07, 6.45) is 2.34. The molecule has 5 heteroatoms. The van der Waals surface area contributed by atoms with Gasteiger partial charge in [0, 0.05) is 0 Å². The van der Waals surface area contributed by atoms with Crippen LogP contribution in [0.3, 0.4) is 0 Å². The van der Waals surface area contributed by atoms with Crippen molar-refractivity contribution in [1.29, 1.82) is 0 Å². The first-order valence-corrected chi connectivity index (χ1v) is 4.78. The largest absolute Gasteiger partial charge is 0.493 e. The second-order valence-electron chi connectivity index (χ2n) is 3.17. The fourth-order valence-electron chi connectivity index (χ4n) is 1.30. The SMILES string of the molecule is O=C(O)C(=O)O.c1ccc2c(c1)CCCO2. The molecular formula is C11H12O5. The number of carbonyl (C=O) groups is 2. The topological polar surface area (TPSA) is 83.8 Å². The highest BCUT2D eigenvalue weighted by Gasteiger charge is 2.07. The zero-order valence-electron chi connectivity index (χ0n) is 8.55. The number of benzene rings is 1. The Labute approximate surface area is 92.3 Å². The van der Waals surface area contributed by atoms with Crippen LogP contribution in [0.2, 0.25) is 0 Å². The van der Waals surface area contributed by atoms with Crippen molar-refractivity contribution < 1.29 is 24.5 Å². The van der Waals surface area contributed by atoms with Crippen LogP contribution in [0.4, 0.5) is 0 Å². The molecule has 0 radical (unpaired) electrons. The van der Waals surface area contributed by atoms with Crippen LogP contribution in [-0.2, 0) is 16.0 Å². The van der Waals surface area contributed by atoms with Gasteiger partial charge in [-0.3, -0.25) is 0 Å². The third kappa shape index (κ3) is 3.61. The molecule has 0 atom stereocenters. The molecular weight excluding hydrogens is 212 g/mol. The number of aryl methyl sites for hydroxylation is 1. The number of carboxylic acid groups (broad SMARTS) is 2. The van der Waals surface area contributed by atoms with Crippen LogP contribution in [-0.4, -0.2) is 28.8 Å². The van der Waals surface area contributed by atoms with Crippen molar-refractivity contribution in [1.82, 2.24) is 0 Å². The summed E-state index contributed by atoms with van der Waals surface area (Å²) in [6, 6.07) is 8.25. The fourth-order valence-corrected chi connectivity index (χ4v) is 1.30. The number of ether oxygens (including phenoxy) is 1. The molecule has 1 aromatic carbocycles. The molecule has 1 heterocycles. The summed E-state index contributed by atoms with van der Waals surface area (Å²) in [4.78, 5) is 18.2. The molecule has 0 bridgehead atoms. The molecule has 1 aromatic rings. The van der Waals surface area contributed by atoms with E-state index in [9.17, 15) is 0 Å². The van der Waals surface area contributed by atoms with Crippen molar-refractivity contribution in [2.75, 3.05) is 6.61 Å². The van der Waals surface area contributed by atoms with Crippen LogP contribution in [0.25, 0.3) is 0 Å². The van der Waals surface area contributed by atoms with Crippen molar-refractivity contribution in [2.45, 2.75) is 12.8 Å². The van der Waals surface area contributed by atoms with Gasteiger partial charge >= 0.3 is 11.9 Å². The third-order valence-electron chi connectivity index (χ3n) is 2.00. The highest BCUT2D eigenvalue weighted by Crippen LogP contribution is 2.22. The molecule has 0 spiro atoms. The van der Waals surface area contributed by atoms with Crippen LogP contribution in [0, 0.1) is 0 Å². The van der Waals surface area contributed by atoms with Crippen LogP contribution in [0.1, 0.15) is 12.0 Å². The lowest BCUT2D eigenvalue weighted by Gasteiger charge is -2.15. The lowest BCUT2D eigenvalue weighted by Crippen LogP contribution is -2.09. The highest BCUT2D eigenvalue weighted by molar-refractivity contribution is 6.27. The van der Waals surface area contributed by atoms with Gasteiger partial charge in [-0.1, -0.05) is 18.2 Å². The number of fused-ring (bicyclic) bond motifs is 1. The minimum Gasteiger partial charge on any atom is -0.493 e. The normalized spacial score (nSPS) is 12.5. The van der Waals surface area contributed by atoms with Gasteiger partial charge in [0.15, 0.2) is 0 Å². The van der Waals surface area contributed by atoms with Crippen molar-refractivity contribution in [3.05, 3.63) is 29.8 Å². The summed E-state index contributed by atoms with van der Waals surface area (Å²) >= 11 is 0. The van der Waals surface area contributed by atoms with Gasteiger partial charge in [0.1, 0.15) is 5.75 Å². The van der Waals surface area contributed by atoms with Gasteiger partial charge in [0.05, 0.1) is 6.61 Å². The summed E-state index contributed by atoms with van der Waals surface area (Å²) in [7, 11) is 0. The maximum Gasteiger partial charge on any atom is 0.414 e. The van der Waals surface area contributed by atoms with Gasteiger partial charge in [-0.2, -0.15) is 0 Å². The zero-order valence-corrected chi connectivity index (χ0v) is 8.55. The molecule has 0 fully saturated rings. The van der Waals surface area contributed by atoms with E-state index >= 15 is 0 Å². The van der Waals surface area contributed by atoms with E-state index in [1.807, 2.05) is 12.1 Å². The van der Waals surface area contributed by atoms with Gasteiger partial charge in [-0.05, 0) is 24.5 Å². The molecule has 86 valence electrons. The number of para-hydroxylation sites is 1. The first-order chi connectivity index (χ1) is 7.61. The highest BCUT2D eigenvalue weighted by atomic mass is 16.5. The van der Waals surface area contributed by atoms with Crippen molar-refractivity contribution in [2.24, 2.45) is 0 Å². The van der Waals surface area contributed by atoms with Gasteiger partial charge < -0.3 is 14.9 Å². The molecule has 2 N–H and O–H groups in total. The Kier molecular flexibility index (Phi) is 4.32. The summed E-state index contributed by atoms with van der Waals surface area (Å²) < 4.78 is 5.42. The van der Waals surface area contributed by atoms with E-state index in [1.165, 1.54) is 12.0 Å². The molecule has 0 amide bonds. The van der Waals surface area contributed by atoms with Crippen molar-refractivity contribution >= 4 is 11.9 Å². The van der Waals surface area contributed by atoms with E-state index in [0.717, 1.165) is 18.8 Å². The van der Waals surface area contributed by atoms with Gasteiger partial charge in [0.25, 0.3) is 0 Å². The number of rotatable bonds is 0. The van der Waals surface area contributed by atoms with Crippen LogP contribution >= 0.6 is 0 Å². The number of hydrogen-bond donors (Lipinski definition) is 2. The average molecular weight is 224 g/mol. The van der Waals surface area contributed by atoms with Gasteiger partial charge in [-0.15, -0.1) is 0 Å². The Bertz CT molecular complexity index is 349. The Morgan fingerprint density at radius 1 is 1.12 bits per heavy atom. The van der Waals surface area contributed by atoms with Crippen LogP contribution < -0.4 is 4.74 Å². The monoisotopic (exact) mass is 224 g/mol. The summed E-state index contributed by atoms with van der Waals surface area (Å²) in [5.41, 5.74) is 1.36. The quantitative estimate of drug-likeness (QED) is 0.646. The predicted octanol–water partition coefficient (Wildman–Crippen LogP) is 1.17. The molecule has 0 unspecified atom stereocenters. The molecule has 0 saturated carbocycles. The Balaban J connectivity index is 0.000000187.